The van der Waals surface area contributed by atoms with Crippen molar-refractivity contribution in [1.29, 1.82) is 0 Å². The highest BCUT2D eigenvalue weighted by molar-refractivity contribution is 6.12. The van der Waals surface area contributed by atoms with Gasteiger partial charge in [0, 0.05) is 29.6 Å². The van der Waals surface area contributed by atoms with Crippen LogP contribution in [0, 0.1) is 6.92 Å². The third-order valence-corrected chi connectivity index (χ3v) is 4.59. The molecule has 0 spiro atoms. The van der Waals surface area contributed by atoms with Crippen molar-refractivity contribution < 1.29 is 4.79 Å². The van der Waals surface area contributed by atoms with Crippen LogP contribution in [0.5, 0.6) is 0 Å². The van der Waals surface area contributed by atoms with Crippen molar-refractivity contribution in [2.45, 2.75) is 13.3 Å². The first-order valence-electron chi connectivity index (χ1n) is 8.77. The average Bonchev–Trinajstić information content (AvgIpc) is 3.07. The number of carbonyl (C=O) groups excluding carboxylic acids is 1. The summed E-state index contributed by atoms with van der Waals surface area (Å²) < 4.78 is 0. The fourth-order valence-electron chi connectivity index (χ4n) is 3.17. The van der Waals surface area contributed by atoms with Crippen LogP contribution in [-0.2, 0) is 6.42 Å². The molecule has 0 amide bonds. The molecule has 0 unspecified atom stereocenters. The maximum atomic E-state index is 13.2. The molecule has 0 fully saturated rings. The van der Waals surface area contributed by atoms with Gasteiger partial charge in [-0.15, -0.1) is 0 Å². The van der Waals surface area contributed by atoms with Gasteiger partial charge in [-0.1, -0.05) is 79.4 Å². The lowest BCUT2D eigenvalue weighted by atomic mass is 9.96. The largest absolute Gasteiger partial charge is 0.347 e. The van der Waals surface area contributed by atoms with Crippen LogP contribution in [0.3, 0.4) is 0 Å². The van der Waals surface area contributed by atoms with E-state index in [1.165, 1.54) is 5.56 Å². The summed E-state index contributed by atoms with van der Waals surface area (Å²) in [6.45, 7) is 10.5. The summed E-state index contributed by atoms with van der Waals surface area (Å²) in [7, 11) is 0. The van der Waals surface area contributed by atoms with Crippen LogP contribution in [0.2, 0.25) is 0 Å². The fourth-order valence-corrected chi connectivity index (χ4v) is 3.17. The van der Waals surface area contributed by atoms with E-state index in [0.717, 1.165) is 29.8 Å². The maximum absolute atomic E-state index is 13.2. The van der Waals surface area contributed by atoms with Crippen molar-refractivity contribution in [3.05, 3.63) is 114 Å². The number of hydrogen-bond acceptors (Lipinski definition) is 2. The summed E-state index contributed by atoms with van der Waals surface area (Å²) in [6.07, 6.45) is 8.15. The lowest BCUT2D eigenvalue weighted by Crippen LogP contribution is -2.17. The Kier molecular flexibility index (Phi) is 5.33. The molecule has 0 N–H and O–H groups in total. The quantitative estimate of drug-likeness (QED) is 0.397. The molecule has 0 bridgehead atoms. The van der Waals surface area contributed by atoms with Crippen molar-refractivity contribution in [3.8, 4) is 0 Å². The van der Waals surface area contributed by atoms with E-state index < -0.39 is 0 Å². The van der Waals surface area contributed by atoms with E-state index in [1.807, 2.05) is 49.5 Å². The van der Waals surface area contributed by atoms with E-state index >= 15 is 0 Å². The number of allylic oxidation sites excluding steroid dienone is 5. The molecule has 1 heterocycles. The number of nitrogens with zero attached hydrogens (tertiary/aromatic N) is 1. The monoisotopic (exact) mass is 341 g/mol. The van der Waals surface area contributed by atoms with Crippen molar-refractivity contribution in [1.82, 2.24) is 0 Å². The molecule has 26 heavy (non-hydrogen) atoms. The number of fused-ring (bicyclic) bond motifs is 1. The molecule has 0 radical (unpaired) electrons. The summed E-state index contributed by atoms with van der Waals surface area (Å²) in [5, 5.41) is 0. The van der Waals surface area contributed by atoms with Crippen LogP contribution in [0.1, 0.15) is 21.5 Å². The Morgan fingerprint density at radius 3 is 2.50 bits per heavy atom. The summed E-state index contributed by atoms with van der Waals surface area (Å²) in [4.78, 5) is 15.4. The predicted octanol–water partition coefficient (Wildman–Crippen LogP) is 5.42. The zero-order valence-electron chi connectivity index (χ0n) is 15.1. The molecule has 0 atom stereocenters. The van der Waals surface area contributed by atoms with Gasteiger partial charge in [-0.2, -0.15) is 0 Å². The van der Waals surface area contributed by atoms with Gasteiger partial charge in [0.2, 0.25) is 0 Å². The van der Waals surface area contributed by atoms with E-state index in [1.54, 1.807) is 12.2 Å². The highest BCUT2D eigenvalue weighted by atomic mass is 16.1. The van der Waals surface area contributed by atoms with E-state index in [0.29, 0.717) is 11.1 Å². The minimum atomic E-state index is -0.0117. The number of para-hydroxylation sites is 1. The Morgan fingerprint density at radius 2 is 1.81 bits per heavy atom. The van der Waals surface area contributed by atoms with Gasteiger partial charge in [0.25, 0.3) is 0 Å². The minimum Gasteiger partial charge on any atom is -0.347 e. The molecule has 2 aromatic carbocycles. The van der Waals surface area contributed by atoms with Crippen LogP contribution in [0.25, 0.3) is 0 Å². The molecular weight excluding hydrogens is 318 g/mol. The highest BCUT2D eigenvalue weighted by Crippen LogP contribution is 2.30. The number of carbonyl (C=O) groups is 1. The van der Waals surface area contributed by atoms with Crippen LogP contribution < -0.4 is 4.90 Å². The summed E-state index contributed by atoms with van der Waals surface area (Å²) in [5.74, 6) is -0.0117. The van der Waals surface area contributed by atoms with Gasteiger partial charge in [-0.05, 0) is 30.5 Å². The van der Waals surface area contributed by atoms with Crippen molar-refractivity contribution in [2.75, 3.05) is 11.4 Å². The standard InChI is InChI=1S/C24H23NO/c1-4-8-19(5-2)22(24(26)21-13-11-18(3)12-14-21)17-25-16-15-20-9-6-7-10-23(20)25/h4-14,17H,1-2,15-16H2,3H3/b19-8+,22-17+. The fraction of sp³-hybridized carbons (Fsp3) is 0.125. The van der Waals surface area contributed by atoms with Gasteiger partial charge in [0.1, 0.15) is 0 Å². The first-order chi connectivity index (χ1) is 12.6. The van der Waals surface area contributed by atoms with E-state index in [-0.39, 0.29) is 5.78 Å². The van der Waals surface area contributed by atoms with Crippen molar-refractivity contribution >= 4 is 11.5 Å². The molecule has 3 rings (SSSR count). The molecular formula is C24H23NO. The van der Waals surface area contributed by atoms with Gasteiger partial charge in [0.05, 0.1) is 0 Å². The van der Waals surface area contributed by atoms with Gasteiger partial charge >= 0.3 is 0 Å². The number of anilines is 1. The smallest absolute Gasteiger partial charge is 0.195 e. The zero-order chi connectivity index (χ0) is 18.5. The lowest BCUT2D eigenvalue weighted by Gasteiger charge is -2.17. The van der Waals surface area contributed by atoms with Gasteiger partial charge in [0.15, 0.2) is 5.78 Å². The highest BCUT2D eigenvalue weighted by Gasteiger charge is 2.21. The first kappa shape index (κ1) is 17.7. The average molecular weight is 341 g/mol. The number of aryl methyl sites for hydroxylation is 1. The predicted molar refractivity (Wildman–Crippen MR) is 110 cm³/mol. The van der Waals surface area contributed by atoms with Crippen LogP contribution in [0.4, 0.5) is 5.69 Å². The van der Waals surface area contributed by atoms with E-state index in [2.05, 4.69) is 36.3 Å². The number of rotatable bonds is 6. The van der Waals surface area contributed by atoms with E-state index in [4.69, 9.17) is 0 Å². The Balaban J connectivity index is 2.05. The van der Waals surface area contributed by atoms with Gasteiger partial charge in [-0.3, -0.25) is 4.79 Å². The molecule has 1 aliphatic heterocycles. The lowest BCUT2D eigenvalue weighted by molar-refractivity contribution is 0.103. The van der Waals surface area contributed by atoms with Gasteiger partial charge < -0.3 is 4.90 Å². The Labute approximate surface area is 155 Å². The topological polar surface area (TPSA) is 20.3 Å². The van der Waals surface area contributed by atoms with Crippen molar-refractivity contribution in [2.24, 2.45) is 0 Å². The summed E-state index contributed by atoms with van der Waals surface area (Å²) >= 11 is 0. The van der Waals surface area contributed by atoms with Crippen LogP contribution >= 0.6 is 0 Å². The Bertz CT molecular complexity index is 900. The molecule has 0 aromatic heterocycles. The van der Waals surface area contributed by atoms with Crippen LogP contribution in [-0.4, -0.2) is 12.3 Å². The molecule has 0 saturated heterocycles. The summed E-state index contributed by atoms with van der Waals surface area (Å²) in [6, 6.07) is 16.0. The molecule has 1 aliphatic rings. The number of benzene rings is 2. The Hall–Kier alpha value is -3.13. The maximum Gasteiger partial charge on any atom is 0.195 e. The molecule has 2 aromatic rings. The number of Topliss-reactive ketones (excluding diaryl/α,β-unsaturated/α-hetero) is 1. The van der Waals surface area contributed by atoms with Gasteiger partial charge in [-0.25, -0.2) is 0 Å². The number of hydrogen-bond donors (Lipinski definition) is 0. The van der Waals surface area contributed by atoms with Crippen LogP contribution in [0.15, 0.2) is 97.3 Å². The second-order valence-corrected chi connectivity index (χ2v) is 6.37. The third kappa shape index (κ3) is 3.60. The molecule has 130 valence electrons. The molecule has 0 saturated carbocycles. The first-order valence-corrected chi connectivity index (χ1v) is 8.77. The van der Waals surface area contributed by atoms with E-state index in [9.17, 15) is 4.79 Å². The SMILES string of the molecule is C=C/C=C(C=C)/C(=C\N1CCc2ccccc21)C(=O)c1ccc(C)cc1. The molecule has 2 heteroatoms. The minimum absolute atomic E-state index is 0.0117. The molecule has 2 nitrogen and oxygen atoms in total. The van der Waals surface area contributed by atoms with Crippen molar-refractivity contribution in [3.63, 3.8) is 0 Å². The second-order valence-electron chi connectivity index (χ2n) is 6.37. The Morgan fingerprint density at radius 1 is 1.08 bits per heavy atom. The second kappa shape index (κ2) is 7.83. The number of ketones is 1. The normalized spacial score (nSPS) is 14.1. The molecule has 0 aliphatic carbocycles. The third-order valence-electron chi connectivity index (χ3n) is 4.59. The summed E-state index contributed by atoms with van der Waals surface area (Å²) in [5.41, 5.74) is 5.66. The zero-order valence-corrected chi connectivity index (χ0v) is 15.1.